The summed E-state index contributed by atoms with van der Waals surface area (Å²) in [5.41, 5.74) is 30.0. The minimum atomic E-state index is 0.0541. The molecule has 7 aromatic rings. The zero-order valence-corrected chi connectivity index (χ0v) is 41.7. The van der Waals surface area contributed by atoms with E-state index in [0.717, 1.165) is 25.7 Å². The van der Waals surface area contributed by atoms with Crippen LogP contribution in [0.2, 0.25) is 0 Å². The van der Waals surface area contributed by atoms with Gasteiger partial charge in [0.15, 0.2) is 0 Å². The predicted octanol–water partition coefficient (Wildman–Crippen LogP) is 18.6. The first-order valence-electron chi connectivity index (χ1n) is 25.2. The maximum Gasteiger partial charge on any atom is 0.0159 e. The molecule has 0 spiro atoms. The number of fused-ring (bicyclic) bond motifs is 6. The third-order valence-corrected chi connectivity index (χ3v) is 15.2. The van der Waals surface area contributed by atoms with E-state index in [1.165, 1.54) is 137 Å². The number of hydrogen-bond acceptors (Lipinski definition) is 0. The Hall–Kier alpha value is -6.24. The van der Waals surface area contributed by atoms with E-state index in [1.807, 2.05) is 0 Å². The lowest BCUT2D eigenvalue weighted by Crippen LogP contribution is -2.17. The third-order valence-electron chi connectivity index (χ3n) is 15.2. The largest absolute Gasteiger partial charge is 0.0836 e. The molecule has 0 aromatic heterocycles. The number of rotatable bonds is 7. The van der Waals surface area contributed by atoms with Gasteiger partial charge in [-0.3, -0.25) is 0 Å². The van der Waals surface area contributed by atoms with Crippen LogP contribution < -0.4 is 0 Å². The summed E-state index contributed by atoms with van der Waals surface area (Å²) in [6.07, 6.45) is 18.6. The lowest BCUT2D eigenvalue weighted by atomic mass is 9.78. The van der Waals surface area contributed by atoms with E-state index >= 15 is 0 Å². The van der Waals surface area contributed by atoms with Crippen LogP contribution in [0.1, 0.15) is 135 Å². The molecule has 0 N–H and O–H groups in total. The summed E-state index contributed by atoms with van der Waals surface area (Å²) in [7, 11) is 0. The van der Waals surface area contributed by atoms with Gasteiger partial charge in [0.1, 0.15) is 0 Å². The second-order valence-corrected chi connectivity index (χ2v) is 20.6. The normalized spacial score (nSPS) is 15.3. The highest BCUT2D eigenvalue weighted by Crippen LogP contribution is 2.51. The maximum atomic E-state index is 2.45. The van der Waals surface area contributed by atoms with E-state index in [2.05, 4.69) is 226 Å². The van der Waals surface area contributed by atoms with Crippen molar-refractivity contribution < 1.29 is 0 Å². The lowest BCUT2D eigenvalue weighted by molar-refractivity contribution is 0.607. The maximum absolute atomic E-state index is 2.45. The molecule has 67 heavy (non-hydrogen) atoms. The molecule has 0 nitrogen and oxygen atoms in total. The van der Waals surface area contributed by atoms with Crippen LogP contribution in [0.4, 0.5) is 0 Å². The zero-order valence-electron chi connectivity index (χ0n) is 41.7. The fraction of sp³-hybridized carbons (Fsp3) is 0.284. The summed E-state index contributed by atoms with van der Waals surface area (Å²) in [5, 5.41) is 0. The minimum Gasteiger partial charge on any atom is -0.0836 e. The summed E-state index contributed by atoms with van der Waals surface area (Å²) in [5.74, 6) is 0. The second kappa shape index (κ2) is 19.2. The molecular weight excluding hydrogens is 805 g/mol. The van der Waals surface area contributed by atoms with Crippen molar-refractivity contribution in [3.8, 4) is 44.5 Å². The Morgan fingerprint density at radius 1 is 0.448 bits per heavy atom. The molecule has 4 aliphatic rings. The monoisotopic (exact) mass is 875 g/mol. The highest BCUT2D eigenvalue weighted by Gasteiger charge is 2.37. The van der Waals surface area contributed by atoms with E-state index in [4.69, 9.17) is 0 Å². The van der Waals surface area contributed by atoms with Crippen LogP contribution in [0.15, 0.2) is 163 Å². The highest BCUT2D eigenvalue weighted by atomic mass is 14.4. The van der Waals surface area contributed by atoms with E-state index in [-0.39, 0.29) is 10.8 Å². The SMILES string of the molecule is CCCc1c(-c2ccc(C)cc2)cccc1-c1ccccc1C.CCCc1ccc2c(c1)C(C)(C)c1cc(-c3ccc4c(c3)C=CCC4)ccc1-2.Cc1ccc2c(c1)C(C)(C)C1=C2C=CCC1. The van der Waals surface area contributed by atoms with E-state index in [9.17, 15) is 0 Å². The highest BCUT2D eigenvalue weighted by molar-refractivity contribution is 5.87. The first-order chi connectivity index (χ1) is 32.4. The molecule has 4 aliphatic carbocycles. The molecule has 11 rings (SSSR count). The molecule has 0 saturated carbocycles. The fourth-order valence-corrected chi connectivity index (χ4v) is 11.4. The van der Waals surface area contributed by atoms with E-state index in [1.54, 1.807) is 5.57 Å². The van der Waals surface area contributed by atoms with Crippen molar-refractivity contribution in [1.82, 2.24) is 0 Å². The summed E-state index contributed by atoms with van der Waals surface area (Å²) in [6, 6.07) is 52.3. The topological polar surface area (TPSA) is 0 Å². The van der Waals surface area contributed by atoms with Crippen molar-refractivity contribution in [3.63, 3.8) is 0 Å². The average molecular weight is 875 g/mol. The van der Waals surface area contributed by atoms with Crippen LogP contribution in [0.3, 0.4) is 0 Å². The quantitative estimate of drug-likeness (QED) is 0.150. The molecule has 0 aliphatic heterocycles. The van der Waals surface area contributed by atoms with Gasteiger partial charge in [-0.2, -0.15) is 0 Å². The zero-order chi connectivity index (χ0) is 46.9. The number of benzene rings is 7. The molecule has 0 bridgehead atoms. The first kappa shape index (κ1) is 45.9. The van der Waals surface area contributed by atoms with Gasteiger partial charge in [-0.25, -0.2) is 0 Å². The molecule has 338 valence electrons. The average Bonchev–Trinajstić information content (AvgIpc) is 3.71. The predicted molar refractivity (Wildman–Crippen MR) is 291 cm³/mol. The van der Waals surface area contributed by atoms with Gasteiger partial charge in [0, 0.05) is 10.8 Å². The first-order valence-corrected chi connectivity index (χ1v) is 25.2. The standard InChI is InChI=1S/C28H28.C23H24.C16H18/c1-4-7-19-10-14-24-25-15-13-23(18-27(25)28(2,3)26(24)16-19)22-12-11-20-8-5-6-9-21(20)17-22;1-4-8-22-21(19-15-13-17(2)14-16-19)11-7-12-23(22)20-10-6-5-9-18(20)3;1-11-8-9-13-12-6-4-5-7-14(12)16(2,3)15(13)10-11/h6,9-18H,4-5,7-8H2,1-3H3;5-7,9-16H,4,8H2,1-3H3;4,6,8-10H,5,7H2,1-3H3. The second-order valence-electron chi connectivity index (χ2n) is 20.6. The Morgan fingerprint density at radius 2 is 1.06 bits per heavy atom. The Labute approximate surface area is 403 Å². The number of hydrogen-bond donors (Lipinski definition) is 0. The van der Waals surface area contributed by atoms with Crippen molar-refractivity contribution in [3.05, 3.63) is 225 Å². The van der Waals surface area contributed by atoms with Gasteiger partial charge < -0.3 is 0 Å². The molecule has 0 heteroatoms. The van der Waals surface area contributed by atoms with Gasteiger partial charge in [-0.15, -0.1) is 0 Å². The Balaban J connectivity index is 0.000000131. The Kier molecular flexibility index (Phi) is 13.1. The van der Waals surface area contributed by atoms with Crippen LogP contribution >= 0.6 is 0 Å². The fourth-order valence-electron chi connectivity index (χ4n) is 11.4. The summed E-state index contributed by atoms with van der Waals surface area (Å²) in [6.45, 7) is 20.5. The van der Waals surface area contributed by atoms with Crippen LogP contribution in [-0.4, -0.2) is 0 Å². The van der Waals surface area contributed by atoms with E-state index < -0.39 is 0 Å². The van der Waals surface area contributed by atoms with Crippen molar-refractivity contribution in [2.45, 2.75) is 125 Å². The Morgan fingerprint density at radius 3 is 1.84 bits per heavy atom. The summed E-state index contributed by atoms with van der Waals surface area (Å²) in [4.78, 5) is 0. The van der Waals surface area contributed by atoms with Crippen LogP contribution in [-0.2, 0) is 30.1 Å². The van der Waals surface area contributed by atoms with Crippen LogP contribution in [0.5, 0.6) is 0 Å². The van der Waals surface area contributed by atoms with Crippen molar-refractivity contribution in [2.24, 2.45) is 0 Å². The Bertz CT molecular complexity index is 3050. The molecule has 0 heterocycles. The molecular formula is C67H70. The van der Waals surface area contributed by atoms with Gasteiger partial charge in [-0.05, 0) is 172 Å². The third kappa shape index (κ3) is 9.01. The minimum absolute atomic E-state index is 0.0541. The van der Waals surface area contributed by atoms with E-state index in [0.29, 0.717) is 0 Å². The molecule has 0 atom stereocenters. The molecule has 7 aromatic carbocycles. The van der Waals surface area contributed by atoms with Gasteiger partial charge in [0.25, 0.3) is 0 Å². The molecule has 0 amide bonds. The van der Waals surface area contributed by atoms with Gasteiger partial charge >= 0.3 is 0 Å². The van der Waals surface area contributed by atoms with Gasteiger partial charge in [0.05, 0.1) is 0 Å². The van der Waals surface area contributed by atoms with Crippen LogP contribution in [0, 0.1) is 20.8 Å². The van der Waals surface area contributed by atoms with Crippen molar-refractivity contribution in [1.29, 1.82) is 0 Å². The molecule has 0 saturated heterocycles. The van der Waals surface area contributed by atoms with Gasteiger partial charge in [0.2, 0.25) is 0 Å². The number of aryl methyl sites for hydroxylation is 5. The number of allylic oxidation sites excluding steroid dienone is 5. The molecule has 0 radical (unpaired) electrons. The lowest BCUT2D eigenvalue weighted by Gasteiger charge is -2.25. The summed E-state index contributed by atoms with van der Waals surface area (Å²) < 4.78 is 0. The van der Waals surface area contributed by atoms with Crippen LogP contribution in [0.25, 0.3) is 56.2 Å². The molecule has 0 unspecified atom stereocenters. The molecule has 0 fully saturated rings. The smallest absolute Gasteiger partial charge is 0.0159 e. The van der Waals surface area contributed by atoms with Crippen molar-refractivity contribution >= 4 is 11.6 Å². The summed E-state index contributed by atoms with van der Waals surface area (Å²) >= 11 is 0. The van der Waals surface area contributed by atoms with Gasteiger partial charge in [-0.1, -0.05) is 223 Å². The van der Waals surface area contributed by atoms with Crippen molar-refractivity contribution in [2.75, 3.05) is 0 Å².